The van der Waals surface area contributed by atoms with Crippen molar-refractivity contribution in [3.8, 4) is 23.0 Å². The summed E-state index contributed by atoms with van der Waals surface area (Å²) in [7, 11) is 1.56. The molecule has 1 aliphatic rings. The number of hydrogen-bond donors (Lipinski definition) is 3. The van der Waals surface area contributed by atoms with Crippen molar-refractivity contribution in [2.45, 2.75) is 38.5 Å². The van der Waals surface area contributed by atoms with Gasteiger partial charge in [-0.2, -0.15) is 0 Å². The van der Waals surface area contributed by atoms with Crippen molar-refractivity contribution in [1.29, 1.82) is 0 Å². The zero-order valence-electron chi connectivity index (χ0n) is 25.3. The molecule has 3 amide bonds. The summed E-state index contributed by atoms with van der Waals surface area (Å²) in [5.41, 5.74) is 3.37. The van der Waals surface area contributed by atoms with Gasteiger partial charge in [0.25, 0.3) is 0 Å². The molecular weight excluding hydrogens is 595 g/mol. The lowest BCUT2D eigenvalue weighted by Crippen LogP contribution is -2.33. The van der Waals surface area contributed by atoms with Crippen LogP contribution in [0.2, 0.25) is 0 Å². The summed E-state index contributed by atoms with van der Waals surface area (Å²) in [6, 6.07) is 17.8. The Morgan fingerprint density at radius 1 is 0.978 bits per heavy atom. The minimum absolute atomic E-state index is 0.287. The van der Waals surface area contributed by atoms with Crippen LogP contribution >= 0.6 is 0 Å². The summed E-state index contributed by atoms with van der Waals surface area (Å²) in [6.07, 6.45) is 5.49. The highest BCUT2D eigenvalue weighted by molar-refractivity contribution is 6.13. The van der Waals surface area contributed by atoms with E-state index in [9.17, 15) is 18.8 Å². The number of aromatic nitrogens is 1. The molecule has 46 heavy (non-hydrogen) atoms. The topological polar surface area (TPSA) is 139 Å². The standard InChI is InChI=1S/C34H35FN4O7/c1-44-30-20-27-28(21-31(30)45-19-5-3-2-4-6-32(40)38-43)36-17-15-29(27)46-25-13-9-23(10-14-25)37-33(41)26-16-18-39(34(26)42)24-11-7-22(35)8-12-24/h7-15,17,20-21,26,43H,2-6,16,18-19H2,1H3,(H,37,41)(H,38,40). The molecule has 3 aromatic carbocycles. The maximum absolute atomic E-state index is 13.3. The SMILES string of the molecule is COc1cc2c(Oc3ccc(NC(=O)C4CCN(c5ccc(F)cc5)C4=O)cc3)ccnc2cc1OCCCCCCC(=O)NO. The molecule has 240 valence electrons. The van der Waals surface area contributed by atoms with E-state index in [4.69, 9.17) is 19.4 Å². The highest BCUT2D eigenvalue weighted by atomic mass is 19.1. The molecule has 1 unspecified atom stereocenters. The summed E-state index contributed by atoms with van der Waals surface area (Å²) < 4.78 is 31.0. The molecule has 1 atom stereocenters. The summed E-state index contributed by atoms with van der Waals surface area (Å²) >= 11 is 0. The number of pyridine rings is 1. The minimum atomic E-state index is -0.833. The second kappa shape index (κ2) is 15.2. The minimum Gasteiger partial charge on any atom is -0.493 e. The van der Waals surface area contributed by atoms with E-state index in [0.29, 0.717) is 65.9 Å². The summed E-state index contributed by atoms with van der Waals surface area (Å²) in [6.45, 7) is 0.844. The van der Waals surface area contributed by atoms with Gasteiger partial charge in [-0.3, -0.25) is 24.6 Å². The molecule has 11 nitrogen and oxygen atoms in total. The van der Waals surface area contributed by atoms with Crippen LogP contribution in [0.15, 0.2) is 72.9 Å². The van der Waals surface area contributed by atoms with E-state index in [1.54, 1.807) is 55.2 Å². The maximum atomic E-state index is 13.3. The third kappa shape index (κ3) is 7.88. The zero-order chi connectivity index (χ0) is 32.5. The Kier molecular flexibility index (Phi) is 10.6. The van der Waals surface area contributed by atoms with E-state index in [0.717, 1.165) is 24.6 Å². The third-order valence-corrected chi connectivity index (χ3v) is 7.68. The highest BCUT2D eigenvalue weighted by Crippen LogP contribution is 2.37. The highest BCUT2D eigenvalue weighted by Gasteiger charge is 2.37. The number of ether oxygens (including phenoxy) is 3. The van der Waals surface area contributed by atoms with Crippen molar-refractivity contribution >= 4 is 40.0 Å². The number of benzene rings is 3. The lowest BCUT2D eigenvalue weighted by Gasteiger charge is -2.17. The van der Waals surface area contributed by atoms with Gasteiger partial charge in [0.1, 0.15) is 23.2 Å². The molecule has 0 bridgehead atoms. The average Bonchev–Trinajstić information content (AvgIpc) is 3.46. The van der Waals surface area contributed by atoms with Crippen molar-refractivity contribution in [2.24, 2.45) is 5.92 Å². The molecule has 1 aliphatic heterocycles. The number of unbranched alkanes of at least 4 members (excludes halogenated alkanes) is 3. The number of hydroxylamine groups is 1. The Labute approximate surface area is 265 Å². The van der Waals surface area contributed by atoms with Gasteiger partial charge in [0.15, 0.2) is 11.5 Å². The Bertz CT molecular complexity index is 1680. The first-order valence-electron chi connectivity index (χ1n) is 15.0. The number of hydrogen-bond acceptors (Lipinski definition) is 8. The molecule has 1 saturated heterocycles. The predicted octanol–water partition coefficient (Wildman–Crippen LogP) is 6.00. The van der Waals surface area contributed by atoms with E-state index in [1.165, 1.54) is 29.2 Å². The number of rotatable bonds is 14. The van der Waals surface area contributed by atoms with Crippen LogP contribution in [0.5, 0.6) is 23.0 Å². The molecule has 1 fully saturated rings. The second-order valence-electron chi connectivity index (χ2n) is 10.8. The number of amides is 3. The van der Waals surface area contributed by atoms with E-state index in [2.05, 4.69) is 10.3 Å². The molecule has 1 aromatic heterocycles. The molecule has 12 heteroatoms. The van der Waals surface area contributed by atoms with Crippen molar-refractivity contribution in [3.63, 3.8) is 0 Å². The largest absolute Gasteiger partial charge is 0.493 e. The summed E-state index contributed by atoms with van der Waals surface area (Å²) in [5.74, 6) is -0.164. The number of halogens is 1. The van der Waals surface area contributed by atoms with Gasteiger partial charge in [-0.1, -0.05) is 12.8 Å². The molecule has 0 aliphatic carbocycles. The lowest BCUT2D eigenvalue weighted by atomic mass is 10.1. The first-order valence-corrected chi connectivity index (χ1v) is 15.0. The van der Waals surface area contributed by atoms with Gasteiger partial charge in [0.2, 0.25) is 17.7 Å². The van der Waals surface area contributed by atoms with Crippen LogP contribution in [0.25, 0.3) is 10.9 Å². The summed E-state index contributed by atoms with van der Waals surface area (Å²) in [5, 5.41) is 12.1. The van der Waals surface area contributed by atoms with Gasteiger partial charge in [-0.15, -0.1) is 0 Å². The van der Waals surface area contributed by atoms with E-state index in [1.807, 2.05) is 6.07 Å². The monoisotopic (exact) mass is 630 g/mol. The fourth-order valence-electron chi connectivity index (χ4n) is 5.23. The molecule has 4 aromatic rings. The van der Waals surface area contributed by atoms with Crippen molar-refractivity contribution in [1.82, 2.24) is 10.5 Å². The quantitative estimate of drug-likeness (QED) is 0.0667. The Morgan fingerprint density at radius 3 is 2.48 bits per heavy atom. The molecule has 3 N–H and O–H groups in total. The number of carbonyl (C=O) groups excluding carboxylic acids is 3. The first-order chi connectivity index (χ1) is 22.4. The summed E-state index contributed by atoms with van der Waals surface area (Å²) in [4.78, 5) is 42.9. The van der Waals surface area contributed by atoms with Crippen molar-refractivity contribution in [2.75, 3.05) is 30.5 Å². The van der Waals surface area contributed by atoms with Crippen LogP contribution in [0.4, 0.5) is 15.8 Å². The van der Waals surface area contributed by atoms with Gasteiger partial charge < -0.3 is 24.4 Å². The smallest absolute Gasteiger partial charge is 0.243 e. The number of nitrogens with one attached hydrogen (secondary N) is 2. The first kappa shape index (κ1) is 32.2. The molecule has 2 heterocycles. The molecule has 0 radical (unpaired) electrons. The number of nitrogens with zero attached hydrogens (tertiary/aromatic N) is 2. The lowest BCUT2D eigenvalue weighted by molar-refractivity contribution is -0.130. The Balaban J connectivity index is 1.17. The average molecular weight is 631 g/mol. The van der Waals surface area contributed by atoms with Crippen molar-refractivity contribution < 1.29 is 38.2 Å². The van der Waals surface area contributed by atoms with Crippen LogP contribution < -0.4 is 29.9 Å². The molecule has 0 spiro atoms. The fraction of sp³-hybridized carbons (Fsp3) is 0.294. The number of carbonyl (C=O) groups is 3. The molecule has 5 rings (SSSR count). The molecule has 0 saturated carbocycles. The van der Waals surface area contributed by atoms with E-state index in [-0.39, 0.29) is 18.2 Å². The van der Waals surface area contributed by atoms with Crippen LogP contribution in [-0.2, 0) is 14.4 Å². The van der Waals surface area contributed by atoms with Crippen LogP contribution in [0.3, 0.4) is 0 Å². The van der Waals surface area contributed by atoms with Gasteiger partial charge in [-0.05, 0) is 79.9 Å². The maximum Gasteiger partial charge on any atom is 0.243 e. The van der Waals surface area contributed by atoms with Gasteiger partial charge >= 0.3 is 0 Å². The van der Waals surface area contributed by atoms with Gasteiger partial charge in [0, 0.05) is 42.0 Å². The Morgan fingerprint density at radius 2 is 1.74 bits per heavy atom. The third-order valence-electron chi connectivity index (χ3n) is 7.68. The number of fused-ring (bicyclic) bond motifs is 1. The second-order valence-corrected chi connectivity index (χ2v) is 10.8. The predicted molar refractivity (Wildman–Crippen MR) is 169 cm³/mol. The van der Waals surface area contributed by atoms with Gasteiger partial charge in [-0.25, -0.2) is 9.87 Å². The Hall–Kier alpha value is -5.23. The van der Waals surface area contributed by atoms with E-state index >= 15 is 0 Å². The zero-order valence-corrected chi connectivity index (χ0v) is 25.3. The number of methoxy groups -OCH3 is 1. The molecular formula is C34H35FN4O7. The number of anilines is 2. The van der Waals surface area contributed by atoms with Gasteiger partial charge in [0.05, 0.1) is 19.2 Å². The fourth-order valence-corrected chi connectivity index (χ4v) is 5.23. The van der Waals surface area contributed by atoms with E-state index < -0.39 is 17.6 Å². The van der Waals surface area contributed by atoms with Crippen LogP contribution in [0, 0.1) is 11.7 Å². The van der Waals surface area contributed by atoms with Crippen LogP contribution in [-0.4, -0.2) is 48.2 Å². The normalized spacial score (nSPS) is 14.3. The van der Waals surface area contributed by atoms with Crippen molar-refractivity contribution in [3.05, 3.63) is 78.7 Å². The van der Waals surface area contributed by atoms with Crippen LogP contribution in [0.1, 0.15) is 38.5 Å².